The molecule has 2 fully saturated rings. The van der Waals surface area contributed by atoms with Crippen molar-refractivity contribution in [1.29, 1.82) is 5.26 Å². The zero-order chi connectivity index (χ0) is 21.4. The van der Waals surface area contributed by atoms with Crippen molar-refractivity contribution in [2.45, 2.75) is 38.5 Å². The third-order valence-electron chi connectivity index (χ3n) is 6.07. The van der Waals surface area contributed by atoms with Crippen LogP contribution in [0.15, 0.2) is 10.6 Å². The molecule has 1 spiro atoms. The molecule has 5 rings (SSSR count). The van der Waals surface area contributed by atoms with E-state index in [0.29, 0.717) is 5.56 Å². The molecule has 11 heteroatoms. The number of carbonyl (C=O) groups excluding carboxylic acids is 3. The first-order valence-corrected chi connectivity index (χ1v) is 9.37. The normalized spacial score (nSPS) is 27.3. The van der Waals surface area contributed by atoms with E-state index in [1.54, 1.807) is 18.7 Å². The van der Waals surface area contributed by atoms with Gasteiger partial charge in [0.05, 0.1) is 29.3 Å². The van der Waals surface area contributed by atoms with Gasteiger partial charge in [-0.2, -0.15) is 5.26 Å². The van der Waals surface area contributed by atoms with E-state index in [0.717, 1.165) is 0 Å². The number of carbonyl (C=O) groups is 3. The highest BCUT2D eigenvalue weighted by Crippen LogP contribution is 2.49. The average molecular weight is 413 g/mol. The number of nitrogens with one attached hydrogen (secondary N) is 2. The second kappa shape index (κ2) is 5.99. The minimum atomic E-state index is -1.72. The van der Waals surface area contributed by atoms with Gasteiger partial charge in [-0.15, -0.1) is 0 Å². The van der Waals surface area contributed by atoms with Gasteiger partial charge in [0.25, 0.3) is 0 Å². The summed E-state index contributed by atoms with van der Waals surface area (Å²) < 4.78 is 26.5. The van der Waals surface area contributed by atoms with Crippen molar-refractivity contribution in [1.82, 2.24) is 15.8 Å². The molecule has 3 unspecified atom stereocenters. The van der Waals surface area contributed by atoms with Gasteiger partial charge in [0.15, 0.2) is 16.9 Å². The molecule has 3 aliphatic heterocycles. The zero-order valence-electron chi connectivity index (χ0n) is 16.0. The molecule has 1 aromatic carbocycles. The molecule has 0 bridgehead atoms. The molecular formula is C19H16FN5O5. The molecule has 4 heterocycles. The van der Waals surface area contributed by atoms with E-state index in [9.17, 15) is 19.6 Å². The molecule has 0 saturated carbocycles. The molecular weight excluding hydrogens is 397 g/mol. The Balaban J connectivity index is 1.80. The van der Waals surface area contributed by atoms with Crippen LogP contribution in [0.2, 0.25) is 0 Å². The smallest absolute Gasteiger partial charge is 0.328 e. The summed E-state index contributed by atoms with van der Waals surface area (Å²) >= 11 is 0. The van der Waals surface area contributed by atoms with Crippen LogP contribution in [0.4, 0.5) is 14.9 Å². The van der Waals surface area contributed by atoms with Crippen molar-refractivity contribution >= 4 is 34.5 Å². The predicted octanol–water partition coefficient (Wildman–Crippen LogP) is 0.729. The quantitative estimate of drug-likeness (QED) is 0.603. The van der Waals surface area contributed by atoms with Crippen LogP contribution in [-0.4, -0.2) is 47.8 Å². The average Bonchev–Trinajstić information content (AvgIpc) is 3.08. The number of halogens is 1. The number of ether oxygens (including phenoxy) is 1. The van der Waals surface area contributed by atoms with E-state index in [1.807, 2.05) is 6.07 Å². The number of imide groups is 2. The summed E-state index contributed by atoms with van der Waals surface area (Å²) in [6, 6.07) is 1.59. The van der Waals surface area contributed by atoms with Gasteiger partial charge in [-0.05, 0) is 25.5 Å². The van der Waals surface area contributed by atoms with Gasteiger partial charge in [0.1, 0.15) is 6.07 Å². The number of aromatic nitrogens is 1. The number of nitriles is 1. The lowest BCUT2D eigenvalue weighted by atomic mass is 9.66. The minimum absolute atomic E-state index is 0.0979. The second-order valence-electron chi connectivity index (χ2n) is 7.85. The lowest BCUT2D eigenvalue weighted by Gasteiger charge is -2.55. The van der Waals surface area contributed by atoms with Crippen LogP contribution < -0.4 is 15.5 Å². The van der Waals surface area contributed by atoms with Crippen molar-refractivity contribution < 1.29 is 28.0 Å². The summed E-state index contributed by atoms with van der Waals surface area (Å²) in [4.78, 5) is 39.4. The van der Waals surface area contributed by atoms with Crippen LogP contribution in [0.3, 0.4) is 0 Å². The minimum Gasteiger partial charge on any atom is -0.372 e. The number of hydrogen-bond acceptors (Lipinski definition) is 8. The Kier molecular flexibility index (Phi) is 3.70. The fourth-order valence-electron chi connectivity index (χ4n) is 5.03. The number of barbiturate groups is 1. The van der Waals surface area contributed by atoms with E-state index in [1.165, 1.54) is 6.07 Å². The Morgan fingerprint density at radius 2 is 2.00 bits per heavy atom. The monoisotopic (exact) mass is 413 g/mol. The number of hydrogen-bond donors (Lipinski definition) is 2. The molecule has 0 radical (unpaired) electrons. The third-order valence-corrected chi connectivity index (χ3v) is 6.07. The lowest BCUT2D eigenvalue weighted by Crippen LogP contribution is -2.75. The second-order valence-corrected chi connectivity index (χ2v) is 7.85. The van der Waals surface area contributed by atoms with E-state index in [-0.39, 0.29) is 41.4 Å². The summed E-state index contributed by atoms with van der Waals surface area (Å²) in [6.45, 7) is 3.71. The van der Waals surface area contributed by atoms with Crippen LogP contribution in [0, 0.1) is 22.6 Å². The molecule has 4 amide bonds. The van der Waals surface area contributed by atoms with E-state index in [2.05, 4.69) is 15.8 Å². The van der Waals surface area contributed by atoms with Gasteiger partial charge in [0.2, 0.25) is 17.4 Å². The van der Waals surface area contributed by atoms with E-state index in [4.69, 9.17) is 9.26 Å². The first-order chi connectivity index (χ1) is 14.3. The Morgan fingerprint density at radius 1 is 1.30 bits per heavy atom. The zero-order valence-corrected chi connectivity index (χ0v) is 16.0. The Bertz CT molecular complexity index is 1160. The van der Waals surface area contributed by atoms with Crippen molar-refractivity contribution in [3.05, 3.63) is 23.1 Å². The fraction of sp³-hybridized carbons (Fsp3) is 0.421. The fourth-order valence-corrected chi connectivity index (χ4v) is 5.03. The SMILES string of the molecule is CC1CN2c3c(cc4c(C#N)noc4c3F)CC3(C(=O)NC(=O)NC3=O)C2C(C)O1. The number of amides is 4. The maximum absolute atomic E-state index is 15.6. The number of morpholine rings is 1. The van der Waals surface area contributed by atoms with Gasteiger partial charge >= 0.3 is 6.03 Å². The van der Waals surface area contributed by atoms with Crippen molar-refractivity contribution in [3.8, 4) is 6.07 Å². The molecule has 1 aromatic heterocycles. The van der Waals surface area contributed by atoms with Crippen LogP contribution in [0.1, 0.15) is 25.1 Å². The molecule has 3 aliphatic rings. The topological polar surface area (TPSA) is 138 Å². The summed E-state index contributed by atoms with van der Waals surface area (Å²) in [5.74, 6) is -2.26. The highest BCUT2D eigenvalue weighted by Gasteiger charge is 2.63. The summed E-state index contributed by atoms with van der Waals surface area (Å²) in [5.41, 5.74) is -1.46. The van der Waals surface area contributed by atoms with Gasteiger partial charge in [-0.25, -0.2) is 9.18 Å². The maximum atomic E-state index is 15.6. The number of rotatable bonds is 0. The summed E-state index contributed by atoms with van der Waals surface area (Å²) in [7, 11) is 0. The Hall–Kier alpha value is -3.52. The van der Waals surface area contributed by atoms with Crippen LogP contribution >= 0.6 is 0 Å². The highest BCUT2D eigenvalue weighted by molar-refractivity contribution is 6.20. The molecule has 10 nitrogen and oxygen atoms in total. The third kappa shape index (κ3) is 2.19. The van der Waals surface area contributed by atoms with Crippen molar-refractivity contribution in [3.63, 3.8) is 0 Å². The van der Waals surface area contributed by atoms with Gasteiger partial charge in [0, 0.05) is 13.0 Å². The first kappa shape index (κ1) is 18.5. The van der Waals surface area contributed by atoms with Gasteiger partial charge in [-0.3, -0.25) is 20.2 Å². The number of fused-ring (bicyclic) bond motifs is 5. The lowest BCUT2D eigenvalue weighted by molar-refractivity contribution is -0.153. The van der Waals surface area contributed by atoms with Gasteiger partial charge in [-0.1, -0.05) is 5.16 Å². The van der Waals surface area contributed by atoms with Crippen LogP contribution in [0.25, 0.3) is 11.0 Å². The molecule has 2 saturated heterocycles. The predicted molar refractivity (Wildman–Crippen MR) is 97.6 cm³/mol. The van der Waals surface area contributed by atoms with Crippen LogP contribution in [0.5, 0.6) is 0 Å². The standard InChI is InChI=1S/C19H16FN5O5/c1-7-6-25-13-9(3-10-11(5-21)24-30-14(10)12(13)20)4-19(15(25)8(2)29-7)16(26)22-18(28)23-17(19)27/h3,7-8,15H,4,6H2,1-2H3,(H2,22,23,26,27,28). The number of nitrogens with zero attached hydrogens (tertiary/aromatic N) is 3. The highest BCUT2D eigenvalue weighted by atomic mass is 19.1. The number of urea groups is 1. The van der Waals surface area contributed by atoms with Gasteiger partial charge < -0.3 is 14.2 Å². The molecule has 2 aromatic rings. The van der Waals surface area contributed by atoms with E-state index >= 15 is 4.39 Å². The molecule has 30 heavy (non-hydrogen) atoms. The van der Waals surface area contributed by atoms with E-state index < -0.39 is 41.2 Å². The van der Waals surface area contributed by atoms with Crippen LogP contribution in [-0.2, 0) is 20.7 Å². The molecule has 3 atom stereocenters. The largest absolute Gasteiger partial charge is 0.372 e. The molecule has 2 N–H and O–H groups in total. The summed E-state index contributed by atoms with van der Waals surface area (Å²) in [6.07, 6.45) is -1.11. The number of benzene rings is 1. The molecule has 0 aliphatic carbocycles. The maximum Gasteiger partial charge on any atom is 0.328 e. The van der Waals surface area contributed by atoms with Crippen molar-refractivity contribution in [2.75, 3.05) is 11.4 Å². The number of anilines is 1. The molecule has 154 valence electrons. The Labute approximate surface area is 168 Å². The summed E-state index contributed by atoms with van der Waals surface area (Å²) in [5, 5.41) is 17.3. The Morgan fingerprint density at radius 3 is 2.67 bits per heavy atom. The van der Waals surface area contributed by atoms with Crippen molar-refractivity contribution in [2.24, 2.45) is 5.41 Å². The first-order valence-electron chi connectivity index (χ1n) is 9.37.